The number of halogens is 3. The molecule has 0 unspecified atom stereocenters. The lowest BCUT2D eigenvalue weighted by Crippen LogP contribution is -2.37. The van der Waals surface area contributed by atoms with Crippen LogP contribution in [0.1, 0.15) is 37.9 Å². The highest BCUT2D eigenvalue weighted by Crippen LogP contribution is 2.24. The Balaban J connectivity index is 2.46. The Morgan fingerprint density at radius 3 is 2.77 bits per heavy atom. The van der Waals surface area contributed by atoms with Gasteiger partial charge in [0, 0.05) is 11.4 Å². The fourth-order valence-electron chi connectivity index (χ4n) is 1.74. The lowest BCUT2D eigenvalue weighted by Gasteiger charge is -2.13. The molecule has 1 aromatic rings. The quantitative estimate of drug-likeness (QED) is 0.563. The molecular formula is C15H20F3NO2S. The summed E-state index contributed by atoms with van der Waals surface area (Å²) in [7, 11) is 0. The van der Waals surface area contributed by atoms with Crippen LogP contribution in [0, 0.1) is 0 Å². The molecule has 0 spiro atoms. The van der Waals surface area contributed by atoms with Gasteiger partial charge in [-0.1, -0.05) is 25.5 Å². The molecule has 0 saturated heterocycles. The van der Waals surface area contributed by atoms with Crippen molar-refractivity contribution in [2.75, 3.05) is 12.3 Å². The second-order valence-corrected chi connectivity index (χ2v) is 6.00. The van der Waals surface area contributed by atoms with E-state index in [-0.39, 0.29) is 13.0 Å². The highest BCUT2D eigenvalue weighted by atomic mass is 32.2. The van der Waals surface area contributed by atoms with Gasteiger partial charge < -0.3 is 10.4 Å². The molecule has 0 aliphatic rings. The molecular weight excluding hydrogens is 315 g/mol. The third kappa shape index (κ3) is 6.70. The smallest absolute Gasteiger partial charge is 0.388 e. The van der Waals surface area contributed by atoms with Crippen LogP contribution in [-0.4, -0.2) is 29.5 Å². The van der Waals surface area contributed by atoms with Crippen molar-refractivity contribution in [1.82, 2.24) is 5.32 Å². The molecule has 1 atom stereocenters. The Kier molecular flexibility index (Phi) is 7.75. The van der Waals surface area contributed by atoms with Crippen LogP contribution >= 0.6 is 11.8 Å². The van der Waals surface area contributed by atoms with E-state index < -0.39 is 18.2 Å². The van der Waals surface area contributed by atoms with Crippen LogP contribution in [0.25, 0.3) is 0 Å². The van der Waals surface area contributed by atoms with Gasteiger partial charge in [0.2, 0.25) is 0 Å². The van der Waals surface area contributed by atoms with Gasteiger partial charge in [-0.3, -0.25) is 4.79 Å². The summed E-state index contributed by atoms with van der Waals surface area (Å²) >= 11 is 1.68. The first-order valence-corrected chi connectivity index (χ1v) is 8.09. The Labute approximate surface area is 132 Å². The van der Waals surface area contributed by atoms with Crippen LogP contribution in [0.5, 0.6) is 0 Å². The van der Waals surface area contributed by atoms with Gasteiger partial charge >= 0.3 is 12.1 Å². The van der Waals surface area contributed by atoms with Crippen LogP contribution in [0.15, 0.2) is 29.2 Å². The van der Waals surface area contributed by atoms with Gasteiger partial charge in [-0.2, -0.15) is 13.2 Å². The molecule has 1 amide bonds. The summed E-state index contributed by atoms with van der Waals surface area (Å²) < 4.78 is 36.1. The lowest BCUT2D eigenvalue weighted by molar-refractivity contribution is -0.173. The number of hydrogen-bond acceptors (Lipinski definition) is 3. The molecule has 1 rings (SSSR count). The summed E-state index contributed by atoms with van der Waals surface area (Å²) in [4.78, 5) is 11.7. The third-order valence-corrected chi connectivity index (χ3v) is 4.05. The number of aliphatic hydroxyl groups excluding tert-OH is 1. The Morgan fingerprint density at radius 1 is 1.41 bits per heavy atom. The van der Waals surface area contributed by atoms with Crippen molar-refractivity contribution in [1.29, 1.82) is 0 Å². The first-order valence-electron chi connectivity index (χ1n) is 7.10. The maximum absolute atomic E-state index is 12.0. The molecule has 0 fully saturated rings. The number of alkyl halides is 3. The largest absolute Gasteiger partial charge is 0.471 e. The van der Waals surface area contributed by atoms with Gasteiger partial charge in [-0.05, 0) is 36.3 Å². The normalized spacial score (nSPS) is 13.0. The molecule has 0 radical (unpaired) electrons. The minimum absolute atomic E-state index is 0.0326. The van der Waals surface area contributed by atoms with E-state index in [9.17, 15) is 23.1 Å². The number of carbonyl (C=O) groups is 1. The number of unbranched alkanes of at least 4 members (excludes halogenated alkanes) is 1. The molecule has 124 valence electrons. The topological polar surface area (TPSA) is 49.3 Å². The first kappa shape index (κ1) is 18.8. The Hall–Kier alpha value is -1.21. The number of thioether (sulfide) groups is 1. The average molecular weight is 335 g/mol. The predicted octanol–water partition coefficient (Wildman–Crippen LogP) is 3.68. The number of rotatable bonds is 8. The fraction of sp³-hybridized carbons (Fsp3) is 0.533. The van der Waals surface area contributed by atoms with Crippen molar-refractivity contribution in [3.63, 3.8) is 0 Å². The van der Waals surface area contributed by atoms with E-state index in [0.717, 1.165) is 23.5 Å². The Morgan fingerprint density at radius 2 is 2.14 bits per heavy atom. The van der Waals surface area contributed by atoms with Crippen molar-refractivity contribution in [3.8, 4) is 0 Å². The van der Waals surface area contributed by atoms with Crippen molar-refractivity contribution >= 4 is 17.7 Å². The van der Waals surface area contributed by atoms with Gasteiger partial charge in [-0.15, -0.1) is 11.8 Å². The Bertz CT molecular complexity index is 480. The molecule has 0 bridgehead atoms. The molecule has 0 heterocycles. The van der Waals surface area contributed by atoms with Gasteiger partial charge in [0.25, 0.3) is 0 Å². The molecule has 22 heavy (non-hydrogen) atoms. The monoisotopic (exact) mass is 335 g/mol. The van der Waals surface area contributed by atoms with Crippen LogP contribution in [0.4, 0.5) is 13.2 Å². The maximum atomic E-state index is 12.0. The summed E-state index contributed by atoms with van der Waals surface area (Å²) in [6, 6.07) is 7.29. The zero-order chi connectivity index (χ0) is 16.6. The first-order chi connectivity index (χ1) is 10.3. The van der Waals surface area contributed by atoms with Crippen LogP contribution in [0.3, 0.4) is 0 Å². The number of amides is 1. The predicted molar refractivity (Wildman–Crippen MR) is 80.7 cm³/mol. The average Bonchev–Trinajstić information content (AvgIpc) is 2.46. The fourth-order valence-corrected chi connectivity index (χ4v) is 2.80. The number of hydrogen-bond donors (Lipinski definition) is 2. The third-order valence-electron chi connectivity index (χ3n) is 2.97. The molecule has 0 aromatic heterocycles. The number of aliphatic hydroxyl groups is 1. The standard InChI is InChI=1S/C15H20F3NO2S/c1-2-3-9-22-12-6-4-5-11(10-12)13(20)7-8-19-14(21)15(16,17)18/h4-6,10,13,20H,2-3,7-9H2,1H3,(H,19,21)/t13-/m1/s1. The van der Waals surface area contributed by atoms with Gasteiger partial charge in [0.05, 0.1) is 6.10 Å². The van der Waals surface area contributed by atoms with E-state index in [2.05, 4.69) is 6.92 Å². The summed E-state index contributed by atoms with van der Waals surface area (Å²) in [5.74, 6) is -0.999. The second-order valence-electron chi connectivity index (χ2n) is 4.83. The summed E-state index contributed by atoms with van der Waals surface area (Å²) in [5.41, 5.74) is 0.641. The molecule has 7 heteroatoms. The van der Waals surface area contributed by atoms with Crippen molar-refractivity contribution in [3.05, 3.63) is 29.8 Å². The molecule has 0 saturated carbocycles. The summed E-state index contributed by atoms with van der Waals surface area (Å²) in [5, 5.41) is 11.7. The van der Waals surface area contributed by atoms with Crippen molar-refractivity contribution in [2.45, 2.75) is 43.4 Å². The van der Waals surface area contributed by atoms with Crippen molar-refractivity contribution in [2.24, 2.45) is 0 Å². The highest BCUT2D eigenvalue weighted by Gasteiger charge is 2.38. The van der Waals surface area contributed by atoms with E-state index >= 15 is 0 Å². The van der Waals surface area contributed by atoms with Crippen molar-refractivity contribution < 1.29 is 23.1 Å². The van der Waals surface area contributed by atoms with Crippen LogP contribution < -0.4 is 5.32 Å². The molecule has 0 aliphatic heterocycles. The van der Waals surface area contributed by atoms with E-state index in [0.29, 0.717) is 5.56 Å². The second kappa shape index (κ2) is 9.05. The van der Waals surface area contributed by atoms with Gasteiger partial charge in [0.1, 0.15) is 0 Å². The molecule has 1 aromatic carbocycles. The zero-order valence-corrected chi connectivity index (χ0v) is 13.1. The minimum Gasteiger partial charge on any atom is -0.388 e. The minimum atomic E-state index is -4.89. The van der Waals surface area contributed by atoms with E-state index in [1.807, 2.05) is 12.1 Å². The lowest BCUT2D eigenvalue weighted by atomic mass is 10.1. The number of carbonyl (C=O) groups excluding carboxylic acids is 1. The maximum Gasteiger partial charge on any atom is 0.471 e. The van der Waals surface area contributed by atoms with E-state index in [4.69, 9.17) is 0 Å². The van der Waals surface area contributed by atoms with Gasteiger partial charge in [-0.25, -0.2) is 0 Å². The molecule has 0 aliphatic carbocycles. The zero-order valence-electron chi connectivity index (χ0n) is 12.3. The van der Waals surface area contributed by atoms with E-state index in [1.54, 1.807) is 29.2 Å². The SMILES string of the molecule is CCCCSc1cccc([C@H](O)CCNC(=O)C(F)(F)F)c1. The summed E-state index contributed by atoms with van der Waals surface area (Å²) in [6.45, 7) is 1.88. The highest BCUT2D eigenvalue weighted by molar-refractivity contribution is 7.99. The molecule has 2 N–H and O–H groups in total. The van der Waals surface area contributed by atoms with Crippen LogP contribution in [0.2, 0.25) is 0 Å². The van der Waals surface area contributed by atoms with E-state index in [1.165, 1.54) is 0 Å². The van der Waals surface area contributed by atoms with Crippen LogP contribution in [-0.2, 0) is 4.79 Å². The van der Waals surface area contributed by atoms with Gasteiger partial charge in [0.15, 0.2) is 0 Å². The number of nitrogens with one attached hydrogen (secondary N) is 1. The number of benzene rings is 1. The molecule has 3 nitrogen and oxygen atoms in total. The summed E-state index contributed by atoms with van der Waals surface area (Å²) in [6.07, 6.45) is -3.55.